The predicted octanol–water partition coefficient (Wildman–Crippen LogP) is 3.90. The molecule has 1 aromatic carbocycles. The largest absolute Gasteiger partial charge is 0.462 e. The Bertz CT molecular complexity index is 1460. The zero-order chi connectivity index (χ0) is 33.1. The molecule has 0 unspecified atom stereocenters. The average molecular weight is 653 g/mol. The van der Waals surface area contributed by atoms with E-state index < -0.39 is 82.8 Å². The van der Waals surface area contributed by atoms with E-state index in [2.05, 4.69) is 13.5 Å². The van der Waals surface area contributed by atoms with Crippen LogP contribution in [0.4, 0.5) is 0 Å². The van der Waals surface area contributed by atoms with Crippen molar-refractivity contribution in [1.82, 2.24) is 0 Å². The highest BCUT2D eigenvalue weighted by molar-refractivity contribution is 5.94. The third kappa shape index (κ3) is 4.03. The van der Waals surface area contributed by atoms with Crippen molar-refractivity contribution < 1.29 is 48.6 Å². The minimum absolute atomic E-state index is 0.00153. The topological polar surface area (TPSA) is 144 Å². The fourth-order valence-electron chi connectivity index (χ4n) is 11.3. The molecule has 0 radical (unpaired) electrons. The van der Waals surface area contributed by atoms with Crippen LogP contribution in [0.3, 0.4) is 0 Å². The molecule has 12 atom stereocenters. The molecule has 47 heavy (non-hydrogen) atoms. The van der Waals surface area contributed by atoms with E-state index in [9.17, 15) is 24.9 Å². The molecule has 5 saturated heterocycles. The maximum Gasteiger partial charge on any atom is 0.338 e. The summed E-state index contributed by atoms with van der Waals surface area (Å²) >= 11 is 0. The Labute approximate surface area is 275 Å². The molecule has 3 bridgehead atoms. The number of aliphatic hydroxyl groups excluding tert-OH is 2. The van der Waals surface area contributed by atoms with E-state index in [1.165, 1.54) is 0 Å². The number of epoxide rings is 1. The van der Waals surface area contributed by atoms with Gasteiger partial charge < -0.3 is 29.5 Å². The summed E-state index contributed by atoms with van der Waals surface area (Å²) in [7, 11) is 0. The van der Waals surface area contributed by atoms with Gasteiger partial charge >= 0.3 is 5.97 Å². The number of ketones is 1. The van der Waals surface area contributed by atoms with Crippen molar-refractivity contribution in [3.8, 4) is 0 Å². The van der Waals surface area contributed by atoms with Gasteiger partial charge in [0.15, 0.2) is 17.2 Å². The van der Waals surface area contributed by atoms with Crippen LogP contribution in [0.15, 0.2) is 42.5 Å². The number of Topliss-reactive ketones (excluding diaryl/α,β-unsaturated/α-hetero) is 1. The summed E-state index contributed by atoms with van der Waals surface area (Å²) in [5.41, 5.74) is -4.08. The quantitative estimate of drug-likeness (QED) is 0.243. The first-order valence-corrected chi connectivity index (χ1v) is 17.6. The number of fused-ring (bicyclic) bond motifs is 1. The summed E-state index contributed by atoms with van der Waals surface area (Å²) in [4.78, 5) is 28.0. The van der Waals surface area contributed by atoms with Crippen LogP contribution < -0.4 is 0 Å². The van der Waals surface area contributed by atoms with Crippen molar-refractivity contribution in [1.29, 1.82) is 0 Å². The molecule has 256 valence electrons. The molecule has 5 heterocycles. The number of esters is 1. The van der Waals surface area contributed by atoms with Crippen molar-refractivity contribution in [2.24, 2.45) is 41.4 Å². The number of carbonyl (C=O) groups excluding carboxylic acids is 2. The predicted molar refractivity (Wildman–Crippen MR) is 166 cm³/mol. The molecule has 10 nitrogen and oxygen atoms in total. The van der Waals surface area contributed by atoms with E-state index in [0.717, 1.165) is 44.1 Å². The average Bonchev–Trinajstić information content (AvgIpc) is 3.74. The molecular weight excluding hydrogens is 604 g/mol. The van der Waals surface area contributed by atoms with Gasteiger partial charge in [0, 0.05) is 30.1 Å². The van der Waals surface area contributed by atoms with Gasteiger partial charge in [0.25, 0.3) is 5.97 Å². The highest BCUT2D eigenvalue weighted by Crippen LogP contribution is 2.77. The Morgan fingerprint density at radius 2 is 1.74 bits per heavy atom. The van der Waals surface area contributed by atoms with E-state index in [4.69, 9.17) is 23.7 Å². The van der Waals surface area contributed by atoms with Crippen LogP contribution in [-0.2, 0) is 28.5 Å². The third-order valence-electron chi connectivity index (χ3n) is 13.3. The van der Waals surface area contributed by atoms with Gasteiger partial charge in [0.05, 0.1) is 30.3 Å². The van der Waals surface area contributed by atoms with Crippen molar-refractivity contribution >= 4 is 11.8 Å². The van der Waals surface area contributed by atoms with Crippen molar-refractivity contribution in [2.45, 2.75) is 113 Å². The van der Waals surface area contributed by atoms with Gasteiger partial charge in [-0.3, -0.25) is 14.3 Å². The molecule has 0 aromatic heterocycles. The summed E-state index contributed by atoms with van der Waals surface area (Å²) in [5.74, 6) is -7.29. The molecular formula is C37H48O10. The normalized spacial score (nSPS) is 51.2. The molecule has 9 rings (SSSR count). The monoisotopic (exact) mass is 652 g/mol. The van der Waals surface area contributed by atoms with Crippen LogP contribution in [0.5, 0.6) is 0 Å². The van der Waals surface area contributed by atoms with Crippen LogP contribution in [-0.4, -0.2) is 81.1 Å². The van der Waals surface area contributed by atoms with Gasteiger partial charge in [0.2, 0.25) is 0 Å². The highest BCUT2D eigenvalue weighted by Gasteiger charge is 2.93. The fourth-order valence-corrected chi connectivity index (χ4v) is 11.3. The summed E-state index contributed by atoms with van der Waals surface area (Å²) < 4.78 is 33.5. The number of hydrogen-bond donors (Lipinski definition) is 3. The maximum atomic E-state index is 14.5. The molecule has 8 aliphatic rings. The van der Waals surface area contributed by atoms with Crippen LogP contribution in [0.25, 0.3) is 0 Å². The Balaban J connectivity index is 1.35. The van der Waals surface area contributed by atoms with Gasteiger partial charge in [-0.1, -0.05) is 76.3 Å². The summed E-state index contributed by atoms with van der Waals surface area (Å²) in [6.07, 6.45) is 3.93. The number of aliphatic hydroxyl groups is 3. The SMILES string of the molecule is C=C(C)[C@@H]1C[C@@H](COC(=O)c2ccccc2)[C@@]23OC45CCCCCCC[C@@H](C)[C@H]6[C@H](C)C(=O)[C@@](O)([C@H](O)[C@@]7(CO)O[C@H]7[C@H]2C1(O4)O5)[C@@H]63. The van der Waals surface area contributed by atoms with Crippen LogP contribution in [0, 0.1) is 41.4 Å². The van der Waals surface area contributed by atoms with E-state index in [1.54, 1.807) is 24.3 Å². The van der Waals surface area contributed by atoms with Crippen molar-refractivity contribution in [3.05, 3.63) is 48.0 Å². The molecule has 10 heteroatoms. The second-order valence-corrected chi connectivity index (χ2v) is 15.7. The first-order valence-electron chi connectivity index (χ1n) is 17.6. The number of rotatable bonds is 5. The second kappa shape index (κ2) is 10.7. The molecule has 8 fully saturated rings. The minimum atomic E-state index is -2.30. The Hall–Kier alpha value is -2.18. The Morgan fingerprint density at radius 3 is 2.45 bits per heavy atom. The Kier molecular flexibility index (Phi) is 7.27. The van der Waals surface area contributed by atoms with Crippen molar-refractivity contribution in [3.63, 3.8) is 0 Å². The maximum absolute atomic E-state index is 14.5. The van der Waals surface area contributed by atoms with Gasteiger partial charge in [-0.15, -0.1) is 0 Å². The van der Waals surface area contributed by atoms with Gasteiger partial charge in [-0.25, -0.2) is 4.79 Å². The smallest absolute Gasteiger partial charge is 0.338 e. The first-order chi connectivity index (χ1) is 22.4. The van der Waals surface area contributed by atoms with E-state index >= 15 is 0 Å². The van der Waals surface area contributed by atoms with E-state index in [0.29, 0.717) is 18.4 Å². The lowest BCUT2D eigenvalue weighted by molar-refractivity contribution is -0.678. The molecule has 5 aliphatic heterocycles. The molecule has 3 N–H and O–H groups in total. The molecule has 3 spiro atoms. The lowest BCUT2D eigenvalue weighted by Gasteiger charge is -2.75. The molecule has 0 amide bonds. The zero-order valence-electron chi connectivity index (χ0n) is 27.6. The lowest BCUT2D eigenvalue weighted by Crippen LogP contribution is -2.87. The first kappa shape index (κ1) is 32.0. The lowest BCUT2D eigenvalue weighted by atomic mass is 9.50. The standard InChI is InChI=1S/C37H48O10/c1-20(2)25-17-24(18-43-31(40)23-14-10-8-11-15-23)36-27-26-21(3)13-9-6-5-7-12-16-34(45-36)46-37(25,47-34)28(36)30-33(19-38,44-30)32(41)35(27,42)29(39)22(26)4/h8,10-11,14-15,21-22,24-28,30,32,38,41-42H,1,5-7,9,12-13,16-19H2,2-4H3/t21-,22+,24+,25+,26+,27-,28-,30+,32-,33+,34?,35-,36+,37?/m1/s1. The van der Waals surface area contributed by atoms with E-state index in [-0.39, 0.29) is 24.4 Å². The second-order valence-electron chi connectivity index (χ2n) is 15.7. The van der Waals surface area contributed by atoms with Gasteiger partial charge in [0.1, 0.15) is 17.8 Å². The van der Waals surface area contributed by atoms with Gasteiger partial charge in [-0.2, -0.15) is 0 Å². The summed E-state index contributed by atoms with van der Waals surface area (Å²) in [6.45, 7) is 9.56. The fraction of sp³-hybridized carbons (Fsp3) is 0.730. The molecule has 1 aromatic rings. The number of benzene rings is 1. The molecule has 3 saturated carbocycles. The van der Waals surface area contributed by atoms with Gasteiger partial charge in [-0.05, 0) is 43.7 Å². The highest BCUT2D eigenvalue weighted by atomic mass is 17.0. The molecule has 3 aliphatic carbocycles. The van der Waals surface area contributed by atoms with Crippen LogP contribution >= 0.6 is 0 Å². The number of ether oxygens (including phenoxy) is 5. The van der Waals surface area contributed by atoms with E-state index in [1.807, 2.05) is 19.9 Å². The third-order valence-corrected chi connectivity index (χ3v) is 13.3. The number of carbonyl (C=O) groups is 2. The van der Waals surface area contributed by atoms with Crippen LogP contribution in [0.1, 0.15) is 82.5 Å². The minimum Gasteiger partial charge on any atom is -0.462 e. The summed E-state index contributed by atoms with van der Waals surface area (Å²) in [5, 5.41) is 36.1. The van der Waals surface area contributed by atoms with Crippen molar-refractivity contribution in [2.75, 3.05) is 13.2 Å². The van der Waals surface area contributed by atoms with Crippen LogP contribution in [0.2, 0.25) is 0 Å². The zero-order valence-corrected chi connectivity index (χ0v) is 27.6. The summed E-state index contributed by atoms with van der Waals surface area (Å²) in [6, 6.07) is 8.78. The Morgan fingerprint density at radius 1 is 1.04 bits per heavy atom. The number of hydrogen-bond acceptors (Lipinski definition) is 10.